The first kappa shape index (κ1) is 80.1. The average Bonchev–Trinajstić information content (AvgIpc) is 3.48. The van der Waals surface area contributed by atoms with E-state index in [1.807, 2.05) is 0 Å². The molecule has 0 saturated carbocycles. The van der Waals surface area contributed by atoms with Crippen LogP contribution in [-0.2, 0) is 28.6 Å². The molecule has 0 aromatic rings. The zero-order valence-electron chi connectivity index (χ0n) is 55.7. The Morgan fingerprint density at radius 2 is 0.470 bits per heavy atom. The number of hydrogen-bond donors (Lipinski definition) is 0. The molecular formula is C77H140O6. The number of carbonyl (C=O) groups excluding carboxylic acids is 3. The summed E-state index contributed by atoms with van der Waals surface area (Å²) < 4.78 is 17.0. The summed E-state index contributed by atoms with van der Waals surface area (Å²) in [6.07, 6.45) is 92.7. The van der Waals surface area contributed by atoms with Crippen LogP contribution in [0.2, 0.25) is 0 Å². The number of unbranched alkanes of at least 4 members (excludes halogenated alkanes) is 47. The van der Waals surface area contributed by atoms with Crippen LogP contribution in [0.3, 0.4) is 0 Å². The molecule has 0 aliphatic carbocycles. The van der Waals surface area contributed by atoms with E-state index in [-0.39, 0.29) is 31.1 Å². The molecule has 1 atom stereocenters. The first-order valence-electron chi connectivity index (χ1n) is 36.8. The Morgan fingerprint density at radius 1 is 0.253 bits per heavy atom. The Labute approximate surface area is 517 Å². The molecule has 0 aliphatic rings. The van der Waals surface area contributed by atoms with Crippen molar-refractivity contribution in [3.63, 3.8) is 0 Å². The van der Waals surface area contributed by atoms with Gasteiger partial charge in [0.1, 0.15) is 13.2 Å². The molecule has 0 saturated heterocycles. The zero-order chi connectivity index (χ0) is 59.9. The molecule has 0 bridgehead atoms. The van der Waals surface area contributed by atoms with Gasteiger partial charge in [-0.15, -0.1) is 0 Å². The lowest BCUT2D eigenvalue weighted by molar-refractivity contribution is -0.167. The lowest BCUT2D eigenvalue weighted by Gasteiger charge is -2.18. The molecular weight excluding hydrogens is 1020 g/mol. The molecule has 6 heteroatoms. The summed E-state index contributed by atoms with van der Waals surface area (Å²) in [5.74, 6) is -0.841. The van der Waals surface area contributed by atoms with E-state index < -0.39 is 6.10 Å². The maximum Gasteiger partial charge on any atom is 0.306 e. The summed E-state index contributed by atoms with van der Waals surface area (Å²) in [5, 5.41) is 0. The van der Waals surface area contributed by atoms with Gasteiger partial charge in [0, 0.05) is 19.3 Å². The van der Waals surface area contributed by atoms with Crippen LogP contribution >= 0.6 is 0 Å². The summed E-state index contributed by atoms with van der Waals surface area (Å²) in [6.45, 7) is 6.58. The average molecular weight is 1160 g/mol. The molecule has 0 aromatic carbocycles. The molecule has 1 unspecified atom stereocenters. The van der Waals surface area contributed by atoms with Crippen LogP contribution in [-0.4, -0.2) is 37.2 Å². The molecule has 0 aliphatic heterocycles. The van der Waals surface area contributed by atoms with E-state index in [1.165, 1.54) is 263 Å². The van der Waals surface area contributed by atoms with Crippen molar-refractivity contribution < 1.29 is 28.6 Å². The number of ether oxygens (including phenoxy) is 3. The minimum atomic E-state index is -0.770. The summed E-state index contributed by atoms with van der Waals surface area (Å²) in [4.78, 5) is 38.4. The molecule has 0 radical (unpaired) electrons. The van der Waals surface area contributed by atoms with Crippen LogP contribution in [0.25, 0.3) is 0 Å². The van der Waals surface area contributed by atoms with Crippen molar-refractivity contribution in [1.29, 1.82) is 0 Å². The highest BCUT2D eigenvalue weighted by atomic mass is 16.6. The first-order valence-corrected chi connectivity index (χ1v) is 36.8. The normalized spacial score (nSPS) is 12.4. The number of esters is 3. The highest BCUT2D eigenvalue weighted by Crippen LogP contribution is 2.19. The van der Waals surface area contributed by atoms with E-state index in [9.17, 15) is 14.4 Å². The summed E-state index contributed by atoms with van der Waals surface area (Å²) >= 11 is 0. The first-order chi connectivity index (χ1) is 41.0. The van der Waals surface area contributed by atoms with Crippen molar-refractivity contribution >= 4 is 17.9 Å². The molecule has 0 amide bonds. The monoisotopic (exact) mass is 1160 g/mol. The SMILES string of the molecule is CC/C=C\C/C=C\C/C=C\C/C=C\C/C=C\CCCCCCCCCCCCCCCCCC(=O)OCC(COC(=O)CCCCCCCCCCCC)OC(=O)CCCCCCCCCCCCCCCCCCCCCCCCCC. The van der Waals surface area contributed by atoms with Gasteiger partial charge in [-0.2, -0.15) is 0 Å². The third kappa shape index (κ3) is 69.8. The molecule has 0 aromatic heterocycles. The third-order valence-corrected chi connectivity index (χ3v) is 16.5. The van der Waals surface area contributed by atoms with Gasteiger partial charge >= 0.3 is 17.9 Å². The van der Waals surface area contributed by atoms with Crippen LogP contribution in [0.5, 0.6) is 0 Å². The van der Waals surface area contributed by atoms with Crippen LogP contribution in [0.4, 0.5) is 0 Å². The number of hydrogen-bond acceptors (Lipinski definition) is 6. The van der Waals surface area contributed by atoms with E-state index in [0.717, 1.165) is 89.9 Å². The number of allylic oxidation sites excluding steroid dienone is 10. The maximum absolute atomic E-state index is 12.9. The van der Waals surface area contributed by atoms with Gasteiger partial charge < -0.3 is 14.2 Å². The predicted octanol–water partition coefficient (Wildman–Crippen LogP) is 25.5. The van der Waals surface area contributed by atoms with E-state index in [2.05, 4.69) is 81.5 Å². The fraction of sp³-hybridized carbons (Fsp3) is 0.831. The highest BCUT2D eigenvalue weighted by Gasteiger charge is 2.19. The maximum atomic E-state index is 12.9. The minimum Gasteiger partial charge on any atom is -0.462 e. The Balaban J connectivity index is 4.11. The lowest BCUT2D eigenvalue weighted by atomic mass is 10.0. The smallest absolute Gasteiger partial charge is 0.306 e. The van der Waals surface area contributed by atoms with Gasteiger partial charge in [0.15, 0.2) is 6.10 Å². The Kier molecular flexibility index (Phi) is 69.1. The number of carbonyl (C=O) groups is 3. The predicted molar refractivity (Wildman–Crippen MR) is 362 cm³/mol. The second-order valence-electron chi connectivity index (χ2n) is 24.8. The van der Waals surface area contributed by atoms with Crippen LogP contribution in [0.1, 0.15) is 393 Å². The van der Waals surface area contributed by atoms with E-state index in [4.69, 9.17) is 14.2 Å². The van der Waals surface area contributed by atoms with Crippen LogP contribution in [0, 0.1) is 0 Å². The topological polar surface area (TPSA) is 78.9 Å². The highest BCUT2D eigenvalue weighted by molar-refractivity contribution is 5.71. The van der Waals surface area contributed by atoms with Crippen LogP contribution in [0.15, 0.2) is 60.8 Å². The summed E-state index contributed by atoms with van der Waals surface area (Å²) in [6, 6.07) is 0. The molecule has 0 heterocycles. The second kappa shape index (κ2) is 71.6. The standard InChI is InChI=1S/C77H140O6/c1-4-7-10-13-16-19-22-24-26-28-30-32-34-36-37-38-39-40-41-42-44-45-47-49-51-53-55-58-61-64-67-70-76(79)82-73-74(72-81-75(78)69-66-63-60-57-21-18-15-12-9-6-3)83-77(80)71-68-65-62-59-56-54-52-50-48-46-43-35-33-31-29-27-25-23-20-17-14-11-8-5-2/h7,10,16,19,24,26,30,32,36-37,74H,4-6,8-9,11-15,17-18,20-23,25,27-29,31,33-35,38-73H2,1-3H3/b10-7-,19-16-,26-24-,32-30-,37-36-. The molecule has 0 fully saturated rings. The van der Waals surface area contributed by atoms with Crippen LogP contribution < -0.4 is 0 Å². The van der Waals surface area contributed by atoms with Gasteiger partial charge in [0.25, 0.3) is 0 Å². The van der Waals surface area contributed by atoms with Gasteiger partial charge in [0.05, 0.1) is 0 Å². The number of rotatable bonds is 68. The quantitative estimate of drug-likeness (QED) is 0.0261. The van der Waals surface area contributed by atoms with Crippen molar-refractivity contribution in [3.05, 3.63) is 60.8 Å². The van der Waals surface area contributed by atoms with E-state index in [1.54, 1.807) is 0 Å². The van der Waals surface area contributed by atoms with Gasteiger partial charge in [-0.1, -0.05) is 370 Å². The van der Waals surface area contributed by atoms with Gasteiger partial charge in [-0.25, -0.2) is 0 Å². The summed E-state index contributed by atoms with van der Waals surface area (Å²) in [5.41, 5.74) is 0. The van der Waals surface area contributed by atoms with Crippen molar-refractivity contribution in [2.75, 3.05) is 13.2 Å². The van der Waals surface area contributed by atoms with E-state index >= 15 is 0 Å². The van der Waals surface area contributed by atoms with Gasteiger partial charge in [-0.05, 0) is 64.2 Å². The van der Waals surface area contributed by atoms with E-state index in [0.29, 0.717) is 19.3 Å². The van der Waals surface area contributed by atoms with Crippen molar-refractivity contribution in [3.8, 4) is 0 Å². The van der Waals surface area contributed by atoms with Crippen molar-refractivity contribution in [1.82, 2.24) is 0 Å². The van der Waals surface area contributed by atoms with Gasteiger partial charge in [-0.3, -0.25) is 14.4 Å². The largest absolute Gasteiger partial charge is 0.462 e. The summed E-state index contributed by atoms with van der Waals surface area (Å²) in [7, 11) is 0. The molecule has 484 valence electrons. The zero-order valence-corrected chi connectivity index (χ0v) is 55.7. The lowest BCUT2D eigenvalue weighted by Crippen LogP contribution is -2.30. The fourth-order valence-corrected chi connectivity index (χ4v) is 11.1. The molecule has 6 nitrogen and oxygen atoms in total. The molecule has 83 heavy (non-hydrogen) atoms. The Hall–Kier alpha value is -2.89. The van der Waals surface area contributed by atoms with Crippen molar-refractivity contribution in [2.24, 2.45) is 0 Å². The molecule has 0 spiro atoms. The molecule has 0 rings (SSSR count). The molecule has 0 N–H and O–H groups in total. The fourth-order valence-electron chi connectivity index (χ4n) is 11.1. The third-order valence-electron chi connectivity index (χ3n) is 16.5. The second-order valence-corrected chi connectivity index (χ2v) is 24.8. The van der Waals surface area contributed by atoms with Gasteiger partial charge in [0.2, 0.25) is 0 Å². The minimum absolute atomic E-state index is 0.0669. The Morgan fingerprint density at radius 3 is 0.735 bits per heavy atom. The Bertz CT molecular complexity index is 1470. The van der Waals surface area contributed by atoms with Crippen molar-refractivity contribution in [2.45, 2.75) is 399 Å².